The van der Waals surface area contributed by atoms with Crippen LogP contribution in [-0.4, -0.2) is 18.3 Å². The first-order valence-electron chi connectivity index (χ1n) is 12.9. The van der Waals surface area contributed by atoms with Crippen molar-refractivity contribution in [1.82, 2.24) is 0 Å². The maximum absolute atomic E-state index is 6.51. The Morgan fingerprint density at radius 2 is 1.33 bits per heavy atom. The van der Waals surface area contributed by atoms with E-state index < -0.39 is 7.12 Å². The minimum absolute atomic E-state index is 0.00380. The SMILES string of the molecule is CC(C)(C)c1ccc2c(B3OC(C)(C)C(C)(C)O3)ccc3c2c1-c1ccc2oc4ccccc4c2c1-3. The van der Waals surface area contributed by atoms with Gasteiger partial charge in [0.2, 0.25) is 0 Å². The molecule has 1 aliphatic heterocycles. The van der Waals surface area contributed by atoms with Gasteiger partial charge >= 0.3 is 7.12 Å². The molecule has 0 atom stereocenters. The third-order valence-corrected chi connectivity index (χ3v) is 8.61. The smallest absolute Gasteiger partial charge is 0.456 e. The molecular weight excluding hydrogens is 443 g/mol. The summed E-state index contributed by atoms with van der Waals surface area (Å²) in [6.45, 7) is 15.3. The van der Waals surface area contributed by atoms with Crippen LogP contribution in [0.15, 0.2) is 65.1 Å². The molecule has 0 radical (unpaired) electrons. The first-order chi connectivity index (χ1) is 17.0. The number of fused-ring (bicyclic) bond motifs is 7. The van der Waals surface area contributed by atoms with E-state index in [0.29, 0.717) is 0 Å². The van der Waals surface area contributed by atoms with Crippen LogP contribution in [0.25, 0.3) is 55.0 Å². The van der Waals surface area contributed by atoms with Crippen molar-refractivity contribution in [1.29, 1.82) is 0 Å². The average molecular weight is 474 g/mol. The Morgan fingerprint density at radius 3 is 2.06 bits per heavy atom. The molecule has 1 aromatic heterocycles. The number of furan rings is 1. The van der Waals surface area contributed by atoms with E-state index in [4.69, 9.17) is 13.7 Å². The summed E-state index contributed by atoms with van der Waals surface area (Å²) < 4.78 is 19.3. The van der Waals surface area contributed by atoms with Crippen LogP contribution < -0.4 is 5.46 Å². The summed E-state index contributed by atoms with van der Waals surface area (Å²) in [5.74, 6) is 0. The molecule has 2 aliphatic rings. The summed E-state index contributed by atoms with van der Waals surface area (Å²) in [4.78, 5) is 0. The summed E-state index contributed by atoms with van der Waals surface area (Å²) in [6.07, 6.45) is 0. The van der Waals surface area contributed by atoms with Crippen LogP contribution in [0, 0.1) is 0 Å². The molecule has 1 saturated heterocycles. The molecule has 3 nitrogen and oxygen atoms in total. The van der Waals surface area contributed by atoms with E-state index in [9.17, 15) is 0 Å². The minimum Gasteiger partial charge on any atom is -0.456 e. The number of hydrogen-bond acceptors (Lipinski definition) is 3. The molecule has 5 aromatic rings. The minimum atomic E-state index is -0.407. The molecule has 4 aromatic carbocycles. The summed E-state index contributed by atoms with van der Waals surface area (Å²) >= 11 is 0. The van der Waals surface area contributed by atoms with Crippen LogP contribution in [-0.2, 0) is 14.7 Å². The van der Waals surface area contributed by atoms with Gasteiger partial charge in [0.05, 0.1) is 11.2 Å². The van der Waals surface area contributed by atoms with Crippen LogP contribution in [0.3, 0.4) is 0 Å². The third-order valence-electron chi connectivity index (χ3n) is 8.61. The second kappa shape index (κ2) is 6.82. The van der Waals surface area contributed by atoms with Crippen LogP contribution in [0.2, 0.25) is 0 Å². The zero-order valence-corrected chi connectivity index (χ0v) is 22.1. The Hall–Kier alpha value is -3.08. The molecule has 1 aliphatic carbocycles. The fourth-order valence-electron chi connectivity index (χ4n) is 6.06. The van der Waals surface area contributed by atoms with Crippen molar-refractivity contribution in [2.75, 3.05) is 0 Å². The van der Waals surface area contributed by atoms with E-state index >= 15 is 0 Å². The van der Waals surface area contributed by atoms with E-state index in [1.807, 2.05) is 6.07 Å². The van der Waals surface area contributed by atoms with Gasteiger partial charge in [0.15, 0.2) is 0 Å². The van der Waals surface area contributed by atoms with E-state index in [2.05, 4.69) is 103 Å². The highest BCUT2D eigenvalue weighted by atomic mass is 16.7. The molecule has 0 unspecified atom stereocenters. The Morgan fingerprint density at radius 1 is 0.639 bits per heavy atom. The summed E-state index contributed by atoms with van der Waals surface area (Å²) in [5.41, 5.74) is 8.68. The van der Waals surface area contributed by atoms with Crippen molar-refractivity contribution in [3.8, 4) is 22.3 Å². The van der Waals surface area contributed by atoms with E-state index in [1.54, 1.807) is 0 Å². The van der Waals surface area contributed by atoms with E-state index in [0.717, 1.165) is 22.0 Å². The molecule has 0 bridgehead atoms. The van der Waals surface area contributed by atoms with E-state index in [-0.39, 0.29) is 16.6 Å². The van der Waals surface area contributed by atoms with Crippen molar-refractivity contribution >= 4 is 45.3 Å². The van der Waals surface area contributed by atoms with Gasteiger partial charge in [-0.2, -0.15) is 0 Å². The topological polar surface area (TPSA) is 31.6 Å². The number of benzene rings is 4. The summed E-state index contributed by atoms with van der Waals surface area (Å²) in [7, 11) is -0.407. The van der Waals surface area contributed by atoms with Gasteiger partial charge in [-0.25, -0.2) is 0 Å². The molecule has 7 rings (SSSR count). The van der Waals surface area contributed by atoms with Crippen LogP contribution in [0.4, 0.5) is 0 Å². The van der Waals surface area contributed by atoms with Crippen molar-refractivity contribution in [3.05, 3.63) is 66.2 Å². The predicted molar refractivity (Wildman–Crippen MR) is 150 cm³/mol. The lowest BCUT2D eigenvalue weighted by atomic mass is 9.73. The highest BCUT2D eigenvalue weighted by molar-refractivity contribution is 6.65. The predicted octanol–water partition coefficient (Wildman–Crippen LogP) is 7.98. The Kier molecular flexibility index (Phi) is 4.19. The lowest BCUT2D eigenvalue weighted by molar-refractivity contribution is 0.00578. The molecule has 36 heavy (non-hydrogen) atoms. The van der Waals surface area contributed by atoms with Gasteiger partial charge in [-0.1, -0.05) is 63.2 Å². The van der Waals surface area contributed by atoms with Gasteiger partial charge in [-0.15, -0.1) is 0 Å². The largest absolute Gasteiger partial charge is 0.495 e. The summed E-state index contributed by atoms with van der Waals surface area (Å²) in [5, 5.41) is 4.86. The zero-order valence-electron chi connectivity index (χ0n) is 22.1. The van der Waals surface area contributed by atoms with E-state index in [1.165, 1.54) is 44.0 Å². The highest BCUT2D eigenvalue weighted by Crippen LogP contribution is 2.54. The van der Waals surface area contributed by atoms with Crippen LogP contribution >= 0.6 is 0 Å². The normalized spacial score (nSPS) is 18.0. The molecule has 0 saturated carbocycles. The number of para-hydroxylation sites is 1. The number of rotatable bonds is 1. The van der Waals surface area contributed by atoms with Gasteiger partial charge in [0.25, 0.3) is 0 Å². The molecule has 180 valence electrons. The average Bonchev–Trinajstić information content (AvgIpc) is 3.41. The molecule has 0 spiro atoms. The van der Waals surface area contributed by atoms with Crippen molar-refractivity contribution < 1.29 is 13.7 Å². The van der Waals surface area contributed by atoms with Crippen molar-refractivity contribution in [2.45, 2.75) is 65.1 Å². The van der Waals surface area contributed by atoms with Gasteiger partial charge < -0.3 is 13.7 Å². The molecule has 1 fully saturated rings. The first kappa shape index (κ1) is 22.1. The van der Waals surface area contributed by atoms with Gasteiger partial charge in [-0.3, -0.25) is 0 Å². The van der Waals surface area contributed by atoms with Crippen LogP contribution in [0.5, 0.6) is 0 Å². The van der Waals surface area contributed by atoms with Crippen molar-refractivity contribution in [3.63, 3.8) is 0 Å². The highest BCUT2D eigenvalue weighted by Gasteiger charge is 2.52. The zero-order chi connectivity index (χ0) is 25.2. The lowest BCUT2D eigenvalue weighted by Gasteiger charge is -2.32. The van der Waals surface area contributed by atoms with Crippen molar-refractivity contribution in [2.24, 2.45) is 0 Å². The monoisotopic (exact) mass is 474 g/mol. The first-order valence-corrected chi connectivity index (χ1v) is 12.9. The lowest BCUT2D eigenvalue weighted by Crippen LogP contribution is -2.41. The molecule has 0 N–H and O–H groups in total. The second-order valence-corrected chi connectivity index (χ2v) is 12.4. The molecular formula is C32H31BO3. The van der Waals surface area contributed by atoms with Gasteiger partial charge in [0.1, 0.15) is 11.2 Å². The number of hydrogen-bond donors (Lipinski definition) is 0. The Bertz CT molecular complexity index is 1720. The van der Waals surface area contributed by atoms with Gasteiger partial charge in [-0.05, 0) is 89.8 Å². The Balaban J connectivity index is 1.58. The quantitative estimate of drug-likeness (QED) is 0.226. The maximum atomic E-state index is 6.51. The molecule has 2 heterocycles. The fourth-order valence-corrected chi connectivity index (χ4v) is 6.06. The van der Waals surface area contributed by atoms with Crippen LogP contribution in [0.1, 0.15) is 54.0 Å². The molecule has 4 heteroatoms. The maximum Gasteiger partial charge on any atom is 0.495 e. The second-order valence-electron chi connectivity index (χ2n) is 12.4. The summed E-state index contributed by atoms with van der Waals surface area (Å²) in [6, 6.07) is 21.8. The standard InChI is InChI=1S/C32H31BO3/c1-30(2,3)22-15-12-18-23(33-35-31(4,5)32(6,7)36-33)16-13-20-26(18)28(22)21-14-17-25-29(27(20)21)19-10-8-9-11-24(19)34-25/h8-17H,1-7H3. The fraction of sp³-hybridized carbons (Fsp3) is 0.312. The Labute approximate surface area is 212 Å². The molecule has 0 amide bonds. The van der Waals surface area contributed by atoms with Gasteiger partial charge in [0, 0.05) is 16.3 Å². The third kappa shape index (κ3) is 2.77.